The number of carbonyl (C=O) groups is 8. The first-order valence-electron chi connectivity index (χ1n) is 30.9. The molecule has 0 aromatic heterocycles. The number of aliphatic hydroxyl groups is 3. The SMILES string of the molecule is CC(=O)O[C@H]1C(=O)[C@@]2(C)[C@H]([C@H](OC(=O)c3ccccc3)[C@]3(O)C[C@H](OC(=O)[C@H](O)[C@@H](NC(=O)c4ccccc4)c4ccccc4)C(C)=C1C3(C)C)[C@]1(OC(C)=O)CO[C@@H]1C[C@@H]2O.Cc1c(C)c2c(c(C)c1O)CCC(C)(COc1ccc(CC3SC(=O)NC3=O)cc1)O2. The standard InChI is InChI=1S/C47H51NO14.C24H27NO5S/c1-25-31(60-43(56)36(52)35(28-16-10-7-11-17-28)48-41(54)29-18-12-8-13-19-29)23-47(57)40(61-42(55)30-20-14-9-15-21-30)38-45(6,32(51)22-33-46(38,24-58-33)62-27(3)50)39(53)37(59-26(2)49)34(25)44(47,4)5;1-13-14(2)21-18(15(3)20(13)26)9-10-24(4,30-21)12-29-17-7-5-16(6-8-17)11-19-22(27)25-23(28)31-19/h7-21,31-33,35-38,40,51-52,57H,22-24H2,1-6H3,(H,48,54);5-8,19,26H,9-12H2,1-4H3,(H,25,27,28)/t31-,32-,33+,35-,36+,37+,38-,40-,45+,46-,47+;/m0./s1. The summed E-state index contributed by atoms with van der Waals surface area (Å²) in [6, 6.07) is 30.5. The fraction of sp³-hybridized carbons (Fsp3) is 0.437. The Morgan fingerprint density at radius 3 is 1.99 bits per heavy atom. The van der Waals surface area contributed by atoms with Gasteiger partial charge in [-0.15, -0.1) is 0 Å². The average Bonchev–Trinajstić information content (AvgIpc) is 0.861. The number of phenols is 1. The third-order valence-electron chi connectivity index (χ3n) is 19.7. The van der Waals surface area contributed by atoms with Gasteiger partial charge in [-0.3, -0.25) is 34.1 Å². The largest absolute Gasteiger partial charge is 0.507 e. The number of amides is 3. The van der Waals surface area contributed by atoms with Crippen molar-refractivity contribution in [3.05, 3.63) is 171 Å². The third-order valence-corrected chi connectivity index (χ3v) is 20.7. The number of aromatic hydroxyl groups is 1. The number of imide groups is 1. The van der Waals surface area contributed by atoms with E-state index in [1.807, 2.05) is 52.0 Å². The second kappa shape index (κ2) is 26.2. The van der Waals surface area contributed by atoms with Crippen molar-refractivity contribution in [2.24, 2.45) is 16.7 Å². The molecule has 11 rings (SSSR count). The van der Waals surface area contributed by atoms with Gasteiger partial charge in [-0.2, -0.15) is 0 Å². The normalized spacial score (nSPS) is 28.8. The van der Waals surface area contributed by atoms with Crippen LogP contribution < -0.4 is 20.1 Å². The fourth-order valence-electron chi connectivity index (χ4n) is 14.3. The van der Waals surface area contributed by atoms with Gasteiger partial charge in [-0.25, -0.2) is 9.59 Å². The summed E-state index contributed by atoms with van der Waals surface area (Å²) in [4.78, 5) is 107. The van der Waals surface area contributed by atoms with Crippen LogP contribution in [0.1, 0.15) is 128 Å². The number of aliphatic hydroxyl groups excluding tert-OH is 2. The van der Waals surface area contributed by atoms with Crippen molar-refractivity contribution in [2.75, 3.05) is 13.2 Å². The maximum atomic E-state index is 15.5. The van der Waals surface area contributed by atoms with Crippen molar-refractivity contribution in [1.82, 2.24) is 10.6 Å². The van der Waals surface area contributed by atoms with E-state index in [2.05, 4.69) is 10.6 Å². The smallest absolute Gasteiger partial charge is 0.338 e. The number of esters is 4. The van der Waals surface area contributed by atoms with Crippen molar-refractivity contribution in [3.63, 3.8) is 0 Å². The van der Waals surface area contributed by atoms with Gasteiger partial charge < -0.3 is 58.9 Å². The lowest BCUT2D eigenvalue weighted by molar-refractivity contribution is -0.346. The number of hydrogen-bond donors (Lipinski definition) is 6. The van der Waals surface area contributed by atoms with Crippen molar-refractivity contribution in [3.8, 4) is 17.2 Å². The van der Waals surface area contributed by atoms with E-state index in [0.29, 0.717) is 24.3 Å². The van der Waals surface area contributed by atoms with Crippen LogP contribution in [0.25, 0.3) is 0 Å². The van der Waals surface area contributed by atoms with Gasteiger partial charge >= 0.3 is 23.9 Å². The molecule has 3 aliphatic carbocycles. The fourth-order valence-corrected chi connectivity index (χ4v) is 15.1. The van der Waals surface area contributed by atoms with Crippen LogP contribution in [0.15, 0.2) is 126 Å². The molecular weight excluding hydrogens is 1220 g/mol. The van der Waals surface area contributed by atoms with Crippen LogP contribution in [0.4, 0.5) is 4.79 Å². The summed E-state index contributed by atoms with van der Waals surface area (Å²) >= 11 is 1.04. The number of thioether (sulfide) groups is 1. The molecule has 0 radical (unpaired) electrons. The number of nitrogens with one attached hydrogen (secondary N) is 2. The van der Waals surface area contributed by atoms with Gasteiger partial charge in [0.15, 0.2) is 23.6 Å². The molecule has 6 N–H and O–H groups in total. The van der Waals surface area contributed by atoms with Crippen LogP contribution in [0.2, 0.25) is 0 Å². The zero-order valence-electron chi connectivity index (χ0n) is 53.4. The Hall–Kier alpha value is -8.41. The Morgan fingerprint density at radius 2 is 1.41 bits per heavy atom. The predicted molar refractivity (Wildman–Crippen MR) is 338 cm³/mol. The molecule has 2 saturated heterocycles. The molecule has 5 aromatic carbocycles. The van der Waals surface area contributed by atoms with Gasteiger partial charge in [0.25, 0.3) is 11.1 Å². The van der Waals surface area contributed by atoms with Crippen LogP contribution in [0.3, 0.4) is 0 Å². The van der Waals surface area contributed by atoms with E-state index in [1.165, 1.54) is 26.0 Å². The van der Waals surface area contributed by atoms with E-state index in [9.17, 15) is 54.0 Å². The van der Waals surface area contributed by atoms with Crippen molar-refractivity contribution in [2.45, 2.75) is 166 Å². The minimum absolute atomic E-state index is 0.00289. The van der Waals surface area contributed by atoms with Crippen molar-refractivity contribution >= 4 is 58.5 Å². The highest BCUT2D eigenvalue weighted by Crippen LogP contribution is 2.64. The molecular formula is C71H78N2O19S. The number of rotatable bonds is 15. The quantitative estimate of drug-likeness (QED) is 0.0327. The zero-order valence-corrected chi connectivity index (χ0v) is 54.3. The third kappa shape index (κ3) is 12.7. The summed E-state index contributed by atoms with van der Waals surface area (Å²) < 4.78 is 42.7. The molecule has 0 spiro atoms. The number of hydrogen-bond acceptors (Lipinski definition) is 20. The molecule has 3 heterocycles. The van der Waals surface area contributed by atoms with Crippen LogP contribution >= 0.6 is 11.8 Å². The first kappa shape index (κ1) is 67.5. The molecule has 4 fully saturated rings. The number of ether oxygens (including phenoxy) is 7. The summed E-state index contributed by atoms with van der Waals surface area (Å²) in [5, 5.41) is 52.2. The first-order valence-corrected chi connectivity index (χ1v) is 31.8. The summed E-state index contributed by atoms with van der Waals surface area (Å²) in [7, 11) is 0. The van der Waals surface area contributed by atoms with Gasteiger partial charge in [-0.1, -0.05) is 104 Å². The highest BCUT2D eigenvalue weighted by Gasteiger charge is 2.78. The number of carbonyl (C=O) groups excluding carboxylic acids is 8. The van der Waals surface area contributed by atoms with Gasteiger partial charge in [-0.05, 0) is 136 Å². The van der Waals surface area contributed by atoms with E-state index in [-0.39, 0.29) is 51.7 Å². The number of Topliss-reactive ketones (excluding diaryl/α,β-unsaturated/α-hetero) is 1. The van der Waals surface area contributed by atoms with Gasteiger partial charge in [0, 0.05) is 43.2 Å². The molecule has 3 aliphatic heterocycles. The topological polar surface area (TPSA) is 306 Å². The number of benzene rings is 5. The summed E-state index contributed by atoms with van der Waals surface area (Å²) in [5.41, 5.74) is -2.71. The second-order valence-electron chi connectivity index (χ2n) is 26.0. The predicted octanol–water partition coefficient (Wildman–Crippen LogP) is 8.11. The molecule has 2 unspecified atom stereocenters. The molecule has 21 nitrogen and oxygen atoms in total. The molecule has 6 aliphatic rings. The van der Waals surface area contributed by atoms with Crippen molar-refractivity contribution < 1.29 is 91.9 Å². The Labute approximate surface area is 542 Å². The lowest BCUT2D eigenvalue weighted by Gasteiger charge is -2.67. The van der Waals surface area contributed by atoms with Gasteiger partial charge in [0.1, 0.15) is 53.4 Å². The van der Waals surface area contributed by atoms with E-state index < -0.39 is 118 Å². The molecule has 22 heteroatoms. The van der Waals surface area contributed by atoms with E-state index in [0.717, 1.165) is 77.8 Å². The highest BCUT2D eigenvalue weighted by atomic mass is 32.2. The minimum Gasteiger partial charge on any atom is -0.507 e. The molecule has 2 saturated carbocycles. The summed E-state index contributed by atoms with van der Waals surface area (Å²) in [5.74, 6) is -5.12. The number of phenolic OH excluding ortho intramolecular Hbond substituents is 1. The van der Waals surface area contributed by atoms with Crippen LogP contribution in [-0.2, 0) is 60.5 Å². The van der Waals surface area contributed by atoms with Crippen LogP contribution in [0.5, 0.6) is 17.2 Å². The van der Waals surface area contributed by atoms with E-state index in [1.54, 1.807) is 92.7 Å². The maximum Gasteiger partial charge on any atom is 0.338 e. The Kier molecular flexibility index (Phi) is 19.0. The lowest BCUT2D eigenvalue weighted by Crippen LogP contribution is -2.82. The molecule has 5 aromatic rings. The van der Waals surface area contributed by atoms with Crippen LogP contribution in [0, 0.1) is 37.5 Å². The Morgan fingerprint density at radius 1 is 0.785 bits per heavy atom. The molecule has 93 heavy (non-hydrogen) atoms. The molecule has 492 valence electrons. The lowest BCUT2D eigenvalue weighted by atomic mass is 9.44. The van der Waals surface area contributed by atoms with Gasteiger partial charge in [0.2, 0.25) is 5.91 Å². The Balaban J connectivity index is 0.000000254. The summed E-state index contributed by atoms with van der Waals surface area (Å²) in [6.07, 6.45) is -8.38. The van der Waals surface area contributed by atoms with Gasteiger partial charge in [0.05, 0.1) is 40.9 Å². The monoisotopic (exact) mass is 1290 g/mol. The molecule has 13 atom stereocenters. The second-order valence-corrected chi connectivity index (χ2v) is 27.1. The Bertz CT molecular complexity index is 3790. The van der Waals surface area contributed by atoms with E-state index >= 15 is 4.79 Å². The van der Waals surface area contributed by atoms with Crippen LogP contribution in [-0.4, -0.2) is 139 Å². The number of ketones is 1. The minimum atomic E-state index is -2.39. The number of fused-ring (bicyclic) bond motifs is 6. The summed E-state index contributed by atoms with van der Waals surface area (Å²) in [6.45, 7) is 16.3. The molecule has 3 amide bonds. The first-order chi connectivity index (χ1) is 43.9. The molecule has 2 bridgehead atoms. The highest BCUT2D eigenvalue weighted by molar-refractivity contribution is 8.15. The van der Waals surface area contributed by atoms with Crippen molar-refractivity contribution in [1.29, 1.82) is 0 Å². The van der Waals surface area contributed by atoms with E-state index in [4.69, 9.17) is 33.2 Å². The average molecular weight is 1300 g/mol. The maximum absolute atomic E-state index is 15.5. The zero-order chi connectivity index (χ0) is 67.3.